The highest BCUT2D eigenvalue weighted by Gasteiger charge is 2.24. The number of hydrogen-bond acceptors (Lipinski definition) is 5. The minimum absolute atomic E-state index is 0.00664. The summed E-state index contributed by atoms with van der Waals surface area (Å²) in [6, 6.07) is 18.0. The number of nitrogens with zero attached hydrogens (tertiary/aromatic N) is 4. The summed E-state index contributed by atoms with van der Waals surface area (Å²) in [5.41, 5.74) is 1.90. The smallest absolute Gasteiger partial charge is 0.225 e. The fourth-order valence-electron chi connectivity index (χ4n) is 3.57. The molecule has 6 heteroatoms. The highest BCUT2D eigenvalue weighted by molar-refractivity contribution is 5.91. The van der Waals surface area contributed by atoms with E-state index in [1.54, 1.807) is 6.92 Å². The molecule has 2 heterocycles. The van der Waals surface area contributed by atoms with Crippen molar-refractivity contribution in [3.05, 3.63) is 54.6 Å². The van der Waals surface area contributed by atoms with Gasteiger partial charge in [-0.05, 0) is 19.1 Å². The standard InChI is InChI=1S/C22H24N4O2/c1-16(27)15-20(28)25-11-13-26(14-12-25)22-18-9-5-6-10-19(18)23-21(24-22)17-7-3-2-4-8-17/h2-10,16,27H,11-15H2,1H3/t16-/m1/s1. The van der Waals surface area contributed by atoms with E-state index in [1.807, 2.05) is 59.5 Å². The average molecular weight is 376 g/mol. The minimum atomic E-state index is -0.607. The molecule has 1 aliphatic heterocycles. The first-order valence-electron chi connectivity index (χ1n) is 9.65. The van der Waals surface area contributed by atoms with Gasteiger partial charge in [0.2, 0.25) is 5.91 Å². The molecule has 1 saturated heterocycles. The van der Waals surface area contributed by atoms with Crippen LogP contribution in [0.2, 0.25) is 0 Å². The van der Waals surface area contributed by atoms with Gasteiger partial charge in [-0.2, -0.15) is 0 Å². The first-order chi connectivity index (χ1) is 13.6. The topological polar surface area (TPSA) is 69.6 Å². The molecule has 0 aliphatic carbocycles. The second-order valence-corrected chi connectivity index (χ2v) is 7.17. The molecule has 0 radical (unpaired) electrons. The third-order valence-electron chi connectivity index (χ3n) is 5.02. The van der Waals surface area contributed by atoms with Gasteiger partial charge in [0.25, 0.3) is 0 Å². The fourth-order valence-corrected chi connectivity index (χ4v) is 3.57. The van der Waals surface area contributed by atoms with E-state index in [2.05, 4.69) is 4.90 Å². The third-order valence-corrected chi connectivity index (χ3v) is 5.02. The third kappa shape index (κ3) is 3.82. The molecule has 0 spiro atoms. The summed E-state index contributed by atoms with van der Waals surface area (Å²) in [5.74, 6) is 1.63. The molecule has 6 nitrogen and oxygen atoms in total. The van der Waals surface area contributed by atoms with Crippen LogP contribution in [0.15, 0.2) is 54.6 Å². The molecule has 1 fully saturated rings. The van der Waals surface area contributed by atoms with Crippen molar-refractivity contribution in [3.8, 4) is 11.4 Å². The molecule has 0 saturated carbocycles. The number of benzene rings is 2. The Balaban J connectivity index is 1.63. The molecular formula is C22H24N4O2. The largest absolute Gasteiger partial charge is 0.393 e. The van der Waals surface area contributed by atoms with Gasteiger partial charge in [0.15, 0.2) is 5.82 Å². The molecule has 1 aromatic heterocycles. The summed E-state index contributed by atoms with van der Waals surface area (Å²) in [7, 11) is 0. The minimum Gasteiger partial charge on any atom is -0.393 e. The fraction of sp³-hybridized carbons (Fsp3) is 0.318. The van der Waals surface area contributed by atoms with Crippen LogP contribution in [0, 0.1) is 0 Å². The van der Waals surface area contributed by atoms with Crippen LogP contribution in [0.3, 0.4) is 0 Å². The lowest BCUT2D eigenvalue weighted by atomic mass is 10.1. The molecule has 28 heavy (non-hydrogen) atoms. The van der Waals surface area contributed by atoms with E-state index in [-0.39, 0.29) is 12.3 Å². The van der Waals surface area contributed by atoms with Gasteiger partial charge in [0, 0.05) is 37.1 Å². The molecule has 1 atom stereocenters. The average Bonchev–Trinajstić information content (AvgIpc) is 2.73. The number of aromatic nitrogens is 2. The van der Waals surface area contributed by atoms with Gasteiger partial charge >= 0.3 is 0 Å². The van der Waals surface area contributed by atoms with Crippen LogP contribution in [0.5, 0.6) is 0 Å². The number of aliphatic hydroxyl groups excluding tert-OH is 1. The summed E-state index contributed by atoms with van der Waals surface area (Å²) in [4.78, 5) is 25.9. The first-order valence-corrected chi connectivity index (χ1v) is 9.65. The molecule has 2 aromatic carbocycles. The van der Waals surface area contributed by atoms with Crippen molar-refractivity contribution in [2.24, 2.45) is 0 Å². The van der Waals surface area contributed by atoms with Crippen molar-refractivity contribution in [3.63, 3.8) is 0 Å². The predicted molar refractivity (Wildman–Crippen MR) is 110 cm³/mol. The van der Waals surface area contributed by atoms with Gasteiger partial charge < -0.3 is 14.9 Å². The van der Waals surface area contributed by atoms with Crippen molar-refractivity contribution >= 4 is 22.6 Å². The number of para-hydroxylation sites is 1. The van der Waals surface area contributed by atoms with Gasteiger partial charge in [-0.3, -0.25) is 4.79 Å². The molecule has 4 rings (SSSR count). The molecule has 3 aromatic rings. The van der Waals surface area contributed by atoms with Crippen molar-refractivity contribution in [2.45, 2.75) is 19.4 Å². The molecule has 1 N–H and O–H groups in total. The van der Waals surface area contributed by atoms with Gasteiger partial charge in [-0.25, -0.2) is 9.97 Å². The SMILES string of the molecule is C[C@@H](O)CC(=O)N1CCN(c2nc(-c3ccccc3)nc3ccccc23)CC1. The summed E-state index contributed by atoms with van der Waals surface area (Å²) < 4.78 is 0. The number of rotatable bonds is 4. The highest BCUT2D eigenvalue weighted by atomic mass is 16.3. The number of carbonyl (C=O) groups excluding carboxylic acids is 1. The Kier molecular flexibility index (Phi) is 5.21. The number of amides is 1. The van der Waals surface area contributed by atoms with E-state index < -0.39 is 6.10 Å². The van der Waals surface area contributed by atoms with E-state index in [0.29, 0.717) is 32.0 Å². The number of anilines is 1. The zero-order valence-corrected chi connectivity index (χ0v) is 16.0. The van der Waals surface area contributed by atoms with Crippen molar-refractivity contribution in [2.75, 3.05) is 31.1 Å². The quantitative estimate of drug-likeness (QED) is 0.758. The summed E-state index contributed by atoms with van der Waals surface area (Å²) >= 11 is 0. The number of fused-ring (bicyclic) bond motifs is 1. The Morgan fingerprint density at radius 3 is 2.39 bits per heavy atom. The monoisotopic (exact) mass is 376 g/mol. The van der Waals surface area contributed by atoms with Crippen LogP contribution in [0.1, 0.15) is 13.3 Å². The second-order valence-electron chi connectivity index (χ2n) is 7.17. The zero-order chi connectivity index (χ0) is 19.5. The molecule has 1 aliphatic rings. The Labute approximate surface area is 164 Å². The van der Waals surface area contributed by atoms with Gasteiger partial charge in [-0.15, -0.1) is 0 Å². The predicted octanol–water partition coefficient (Wildman–Crippen LogP) is 2.72. The van der Waals surface area contributed by atoms with Crippen molar-refractivity contribution in [1.29, 1.82) is 0 Å². The van der Waals surface area contributed by atoms with Gasteiger partial charge in [0.1, 0.15) is 5.82 Å². The van der Waals surface area contributed by atoms with Crippen LogP contribution < -0.4 is 4.90 Å². The van der Waals surface area contributed by atoms with Crippen LogP contribution in [-0.4, -0.2) is 58.2 Å². The highest BCUT2D eigenvalue weighted by Crippen LogP contribution is 2.28. The molecule has 1 amide bonds. The maximum Gasteiger partial charge on any atom is 0.225 e. The number of piperazine rings is 1. The maximum atomic E-state index is 12.2. The number of hydrogen-bond donors (Lipinski definition) is 1. The van der Waals surface area contributed by atoms with E-state index in [0.717, 1.165) is 22.3 Å². The maximum absolute atomic E-state index is 12.2. The first kappa shape index (κ1) is 18.4. The van der Waals surface area contributed by atoms with Crippen LogP contribution >= 0.6 is 0 Å². The Bertz CT molecular complexity index is 967. The van der Waals surface area contributed by atoms with E-state index in [9.17, 15) is 9.90 Å². The molecule has 0 unspecified atom stereocenters. The van der Waals surface area contributed by atoms with Crippen LogP contribution in [0.4, 0.5) is 5.82 Å². The lowest BCUT2D eigenvalue weighted by Crippen LogP contribution is -2.49. The molecular weight excluding hydrogens is 352 g/mol. The Morgan fingerprint density at radius 2 is 1.68 bits per heavy atom. The molecule has 144 valence electrons. The second kappa shape index (κ2) is 7.94. The lowest BCUT2D eigenvalue weighted by molar-refractivity contribution is -0.133. The summed E-state index contributed by atoms with van der Waals surface area (Å²) in [6.45, 7) is 4.32. The van der Waals surface area contributed by atoms with Crippen LogP contribution in [0.25, 0.3) is 22.3 Å². The van der Waals surface area contributed by atoms with Gasteiger partial charge in [0.05, 0.1) is 18.0 Å². The Morgan fingerprint density at radius 1 is 1.00 bits per heavy atom. The zero-order valence-electron chi connectivity index (χ0n) is 16.0. The van der Waals surface area contributed by atoms with E-state index in [1.165, 1.54) is 0 Å². The van der Waals surface area contributed by atoms with Gasteiger partial charge in [-0.1, -0.05) is 42.5 Å². The molecule has 0 bridgehead atoms. The van der Waals surface area contributed by atoms with Crippen LogP contribution in [-0.2, 0) is 4.79 Å². The normalized spacial score (nSPS) is 15.6. The van der Waals surface area contributed by atoms with E-state index in [4.69, 9.17) is 9.97 Å². The lowest BCUT2D eigenvalue weighted by Gasteiger charge is -2.36. The van der Waals surface area contributed by atoms with Crippen molar-refractivity contribution in [1.82, 2.24) is 14.9 Å². The van der Waals surface area contributed by atoms with E-state index >= 15 is 0 Å². The van der Waals surface area contributed by atoms with Crippen molar-refractivity contribution < 1.29 is 9.90 Å². The summed E-state index contributed by atoms with van der Waals surface area (Å²) in [6.07, 6.45) is -0.432. The number of carbonyl (C=O) groups is 1. The summed E-state index contributed by atoms with van der Waals surface area (Å²) in [5, 5.41) is 10.5. The number of aliphatic hydroxyl groups is 1. The Hall–Kier alpha value is -2.99.